The highest BCUT2D eigenvalue weighted by Crippen LogP contribution is 2.43. The molecule has 11 nitrogen and oxygen atoms in total. The quantitative estimate of drug-likeness (QED) is 0.146. The van der Waals surface area contributed by atoms with Crippen LogP contribution in [0.4, 0.5) is 4.39 Å². The smallest absolute Gasteiger partial charge is 0.391 e. The molecule has 0 spiro atoms. The van der Waals surface area contributed by atoms with Crippen LogP contribution in [0.2, 0.25) is 0 Å². The molecular weight excluding hydrogens is 582 g/mol. The van der Waals surface area contributed by atoms with E-state index < -0.39 is 29.7 Å². The van der Waals surface area contributed by atoms with Crippen molar-refractivity contribution in [2.45, 2.75) is 24.0 Å². The van der Waals surface area contributed by atoms with Gasteiger partial charge in [-0.1, -0.05) is 0 Å². The Labute approximate surface area is 236 Å². The Morgan fingerprint density at radius 1 is 1.07 bits per heavy atom. The van der Waals surface area contributed by atoms with Crippen LogP contribution in [-0.4, -0.2) is 45.9 Å². The van der Waals surface area contributed by atoms with Gasteiger partial charge in [-0.05, 0) is 80.4 Å². The molecule has 40 heavy (non-hydrogen) atoms. The van der Waals surface area contributed by atoms with Crippen molar-refractivity contribution in [1.82, 2.24) is 4.72 Å². The van der Waals surface area contributed by atoms with Gasteiger partial charge in [0, 0.05) is 10.9 Å². The molecule has 0 aliphatic rings. The average Bonchev–Trinajstić information content (AvgIpc) is 3.40. The van der Waals surface area contributed by atoms with Gasteiger partial charge in [0.05, 0.1) is 18.8 Å². The van der Waals surface area contributed by atoms with E-state index in [1.807, 2.05) is 6.92 Å². The largest absolute Gasteiger partial charge is 0.490 e. The highest BCUT2D eigenvalue weighted by molar-refractivity contribution is 7.92. The van der Waals surface area contributed by atoms with Crippen LogP contribution >= 0.6 is 18.9 Å². The molecule has 0 fully saturated rings. The minimum atomic E-state index is -4.55. The SMILES string of the molecule is Cc1cc(OCCCN)c(OCCCN)cc1-c1ccc(S(=O)(=O)NCP(=O)(O)Oc2ccc(C#N)c(F)c2)s1. The lowest BCUT2D eigenvalue weighted by atomic mass is 10.1. The van der Waals surface area contributed by atoms with Crippen molar-refractivity contribution >= 4 is 29.0 Å². The minimum Gasteiger partial charge on any atom is -0.490 e. The van der Waals surface area contributed by atoms with Gasteiger partial charge in [0.2, 0.25) is 0 Å². The van der Waals surface area contributed by atoms with E-state index >= 15 is 0 Å². The van der Waals surface area contributed by atoms with Crippen molar-refractivity contribution < 1.29 is 36.3 Å². The van der Waals surface area contributed by atoms with E-state index in [2.05, 4.69) is 4.72 Å². The lowest BCUT2D eigenvalue weighted by Gasteiger charge is -2.16. The number of thiophene rings is 1. The average molecular weight is 613 g/mol. The van der Waals surface area contributed by atoms with Crippen LogP contribution in [0.3, 0.4) is 0 Å². The summed E-state index contributed by atoms with van der Waals surface area (Å²) in [6, 6.07) is 11.2. The zero-order chi connectivity index (χ0) is 29.3. The maximum atomic E-state index is 13.8. The second-order valence-electron chi connectivity index (χ2n) is 8.50. The van der Waals surface area contributed by atoms with Crippen LogP contribution < -0.4 is 30.2 Å². The van der Waals surface area contributed by atoms with Crippen molar-refractivity contribution in [3.63, 3.8) is 0 Å². The van der Waals surface area contributed by atoms with E-state index in [1.165, 1.54) is 6.07 Å². The number of nitriles is 1. The predicted octanol–water partition coefficient (Wildman–Crippen LogP) is 3.69. The van der Waals surface area contributed by atoms with Crippen molar-refractivity contribution in [2.24, 2.45) is 11.5 Å². The molecule has 1 unspecified atom stereocenters. The number of ether oxygens (including phenoxy) is 2. The fourth-order valence-corrected chi connectivity index (χ4v) is 7.30. The van der Waals surface area contributed by atoms with Gasteiger partial charge in [-0.25, -0.2) is 17.4 Å². The van der Waals surface area contributed by atoms with E-state index in [4.69, 9.17) is 30.7 Å². The highest BCUT2D eigenvalue weighted by Gasteiger charge is 2.27. The van der Waals surface area contributed by atoms with Crippen molar-refractivity contribution in [3.05, 3.63) is 59.4 Å². The van der Waals surface area contributed by atoms with Crippen LogP contribution in [0.1, 0.15) is 24.0 Å². The van der Waals surface area contributed by atoms with Gasteiger partial charge in [-0.15, -0.1) is 11.3 Å². The Morgan fingerprint density at radius 3 is 2.33 bits per heavy atom. The van der Waals surface area contributed by atoms with E-state index in [1.54, 1.807) is 24.3 Å². The predicted molar refractivity (Wildman–Crippen MR) is 150 cm³/mol. The molecule has 1 heterocycles. The number of nitrogens with zero attached hydrogens (tertiary/aromatic N) is 1. The Bertz CT molecular complexity index is 1530. The van der Waals surface area contributed by atoms with Crippen LogP contribution in [0.15, 0.2) is 46.7 Å². The first-order valence-electron chi connectivity index (χ1n) is 12.1. The summed E-state index contributed by atoms with van der Waals surface area (Å²) in [4.78, 5) is 10.7. The normalized spacial score (nSPS) is 12.9. The third-order valence-corrected chi connectivity index (χ3v) is 9.66. The summed E-state index contributed by atoms with van der Waals surface area (Å²) in [6.45, 7) is 3.57. The molecule has 0 saturated carbocycles. The molecule has 3 aromatic rings. The Kier molecular flexibility index (Phi) is 11.1. The molecule has 0 saturated heterocycles. The Hall–Kier alpha value is -3.02. The summed E-state index contributed by atoms with van der Waals surface area (Å²) < 4.78 is 70.6. The first-order valence-corrected chi connectivity index (χ1v) is 16.2. The molecule has 6 N–H and O–H groups in total. The van der Waals surface area contributed by atoms with Gasteiger partial charge in [-0.3, -0.25) is 0 Å². The number of rotatable bonds is 15. The van der Waals surface area contributed by atoms with Crippen LogP contribution in [0.25, 0.3) is 10.4 Å². The van der Waals surface area contributed by atoms with Crippen molar-refractivity contribution in [2.75, 3.05) is 32.6 Å². The summed E-state index contributed by atoms with van der Waals surface area (Å²) >= 11 is 0.956. The number of nitrogens with one attached hydrogen (secondary N) is 1. The van der Waals surface area contributed by atoms with Crippen molar-refractivity contribution in [1.29, 1.82) is 5.26 Å². The summed E-state index contributed by atoms with van der Waals surface area (Å²) in [6.07, 6.45) is 0.340. The highest BCUT2D eigenvalue weighted by atomic mass is 32.2. The second kappa shape index (κ2) is 14.0. The zero-order valence-electron chi connectivity index (χ0n) is 21.6. The first-order chi connectivity index (χ1) is 19.0. The molecule has 0 radical (unpaired) electrons. The third-order valence-electron chi connectivity index (χ3n) is 5.38. The summed E-state index contributed by atoms with van der Waals surface area (Å²) in [7, 11) is -8.75. The van der Waals surface area contributed by atoms with Gasteiger partial charge in [0.1, 0.15) is 28.1 Å². The van der Waals surface area contributed by atoms with Gasteiger partial charge in [-0.2, -0.15) is 9.98 Å². The van der Waals surface area contributed by atoms with Gasteiger partial charge in [0.25, 0.3) is 10.0 Å². The number of benzene rings is 2. The molecule has 0 aliphatic carbocycles. The molecule has 216 valence electrons. The lowest BCUT2D eigenvalue weighted by molar-refractivity contribution is 0.265. The monoisotopic (exact) mass is 612 g/mol. The van der Waals surface area contributed by atoms with Gasteiger partial charge >= 0.3 is 7.60 Å². The summed E-state index contributed by atoms with van der Waals surface area (Å²) in [5, 5.41) is 8.79. The van der Waals surface area contributed by atoms with Crippen LogP contribution in [-0.2, 0) is 14.6 Å². The second-order valence-corrected chi connectivity index (χ2v) is 13.4. The number of hydrogen-bond donors (Lipinski definition) is 4. The molecule has 3 rings (SSSR count). The fraction of sp³-hybridized carbons (Fsp3) is 0.320. The van der Waals surface area contributed by atoms with E-state index in [0.717, 1.165) is 40.7 Å². The number of nitrogens with two attached hydrogens (primary N) is 2. The fourth-order valence-electron chi connectivity index (χ4n) is 3.37. The Morgan fingerprint density at radius 2 is 1.73 bits per heavy atom. The maximum absolute atomic E-state index is 13.8. The van der Waals surface area contributed by atoms with Crippen LogP contribution in [0, 0.1) is 24.1 Å². The number of hydrogen-bond acceptors (Lipinski definition) is 10. The zero-order valence-corrected chi connectivity index (χ0v) is 24.2. The van der Waals surface area contributed by atoms with E-state index in [0.29, 0.717) is 55.5 Å². The number of sulfonamides is 1. The molecular formula is C25H30FN4O7PS2. The third kappa shape index (κ3) is 8.49. The minimum absolute atomic E-state index is 0.0970. The molecule has 1 aromatic heterocycles. The molecule has 0 amide bonds. The summed E-state index contributed by atoms with van der Waals surface area (Å²) in [5.41, 5.74) is 12.4. The van der Waals surface area contributed by atoms with Crippen LogP contribution in [0.5, 0.6) is 17.2 Å². The van der Waals surface area contributed by atoms with E-state index in [9.17, 15) is 22.3 Å². The maximum Gasteiger partial charge on any atom is 0.391 e. The number of aryl methyl sites for hydroxylation is 1. The lowest BCUT2D eigenvalue weighted by Crippen LogP contribution is -2.25. The van der Waals surface area contributed by atoms with E-state index in [-0.39, 0.29) is 15.5 Å². The topological polar surface area (TPSA) is 187 Å². The Balaban J connectivity index is 1.77. The molecule has 1 atom stereocenters. The van der Waals surface area contributed by atoms with Crippen molar-refractivity contribution in [3.8, 4) is 33.8 Å². The number of halogens is 1. The molecule has 0 bridgehead atoms. The molecule has 0 aliphatic heterocycles. The summed E-state index contributed by atoms with van der Waals surface area (Å²) in [5.74, 6) is -0.237. The van der Waals surface area contributed by atoms with Gasteiger partial charge in [0.15, 0.2) is 11.5 Å². The molecule has 2 aromatic carbocycles. The van der Waals surface area contributed by atoms with Gasteiger partial charge < -0.3 is 30.4 Å². The standard InChI is InChI=1S/C25H30FN4O7PS2/c1-17-12-22(35-10-2-8-27)23(36-11-3-9-28)14-20(17)24-6-7-25(39-24)40(33,34)30-16-38(31,32)37-19-5-4-18(15-29)21(26)13-19/h4-7,12-14,30H,2-3,8-11,16,27-28H2,1H3,(H,31,32). The first kappa shape index (κ1) is 31.5. The molecule has 15 heteroatoms.